The summed E-state index contributed by atoms with van der Waals surface area (Å²) in [5, 5.41) is 6.45. The van der Waals surface area contributed by atoms with Crippen LogP contribution in [0.15, 0.2) is 27.9 Å². The van der Waals surface area contributed by atoms with Gasteiger partial charge in [0, 0.05) is 30.0 Å². The lowest BCUT2D eigenvalue weighted by Gasteiger charge is -2.29. The van der Waals surface area contributed by atoms with Crippen molar-refractivity contribution in [1.29, 1.82) is 0 Å². The first-order valence-corrected chi connectivity index (χ1v) is 10.5. The molecule has 2 aromatic heterocycles. The fourth-order valence-corrected chi connectivity index (χ4v) is 5.81. The van der Waals surface area contributed by atoms with Crippen molar-refractivity contribution < 1.29 is 13.2 Å². The summed E-state index contributed by atoms with van der Waals surface area (Å²) in [5.41, 5.74) is 0. The van der Waals surface area contributed by atoms with E-state index in [2.05, 4.69) is 17.2 Å². The quantitative estimate of drug-likeness (QED) is 0.896. The number of rotatable bonds is 4. The number of amides is 1. The van der Waals surface area contributed by atoms with Crippen molar-refractivity contribution in [3.8, 4) is 0 Å². The van der Waals surface area contributed by atoms with Crippen LogP contribution in [0.4, 0.5) is 5.13 Å². The van der Waals surface area contributed by atoms with Crippen LogP contribution in [0.5, 0.6) is 0 Å². The number of nitrogens with one attached hydrogen (secondary N) is 1. The molecule has 6 nitrogen and oxygen atoms in total. The first-order valence-electron chi connectivity index (χ1n) is 7.26. The molecule has 1 amide bonds. The van der Waals surface area contributed by atoms with E-state index >= 15 is 0 Å². The summed E-state index contributed by atoms with van der Waals surface area (Å²) >= 11 is 2.45. The number of hydrogen-bond donors (Lipinski definition) is 1. The Labute approximate surface area is 143 Å². The first-order chi connectivity index (χ1) is 11.0. The van der Waals surface area contributed by atoms with Crippen LogP contribution in [-0.2, 0) is 10.0 Å². The number of carbonyl (C=O) groups excluding carboxylic acids is 1. The van der Waals surface area contributed by atoms with Crippen LogP contribution in [0.2, 0.25) is 0 Å². The Morgan fingerprint density at radius 2 is 2.26 bits per heavy atom. The average Bonchev–Trinajstić information content (AvgIpc) is 3.18. The van der Waals surface area contributed by atoms with Gasteiger partial charge in [-0.2, -0.15) is 4.31 Å². The molecule has 1 N–H and O–H groups in total. The molecule has 1 fully saturated rings. The number of aromatic nitrogens is 1. The minimum absolute atomic E-state index is 0.195. The van der Waals surface area contributed by atoms with E-state index in [1.54, 1.807) is 11.6 Å². The molecule has 0 unspecified atom stereocenters. The van der Waals surface area contributed by atoms with E-state index in [4.69, 9.17) is 0 Å². The molecular weight excluding hydrogens is 354 g/mol. The van der Waals surface area contributed by atoms with Crippen LogP contribution in [-0.4, -0.2) is 36.7 Å². The Balaban J connectivity index is 1.76. The fourth-order valence-electron chi connectivity index (χ4n) is 2.53. The SMILES string of the molecule is C[C@@H]1CCCN(S(=O)(=O)c2csc(C(=O)Nc3nccs3)c2)C1. The fraction of sp³-hybridized carbons (Fsp3) is 0.429. The third kappa shape index (κ3) is 3.63. The summed E-state index contributed by atoms with van der Waals surface area (Å²) in [6, 6.07) is 1.45. The second-order valence-electron chi connectivity index (χ2n) is 5.55. The number of carbonyl (C=O) groups is 1. The molecule has 1 aliphatic heterocycles. The van der Waals surface area contributed by atoms with Crippen LogP contribution >= 0.6 is 22.7 Å². The molecule has 0 aromatic carbocycles. The monoisotopic (exact) mass is 371 g/mol. The Morgan fingerprint density at radius 1 is 1.43 bits per heavy atom. The Bertz CT molecular complexity index is 783. The molecule has 9 heteroatoms. The second kappa shape index (κ2) is 6.68. The zero-order valence-electron chi connectivity index (χ0n) is 12.6. The number of anilines is 1. The van der Waals surface area contributed by atoms with E-state index in [0.717, 1.165) is 24.2 Å². The van der Waals surface area contributed by atoms with Gasteiger partial charge in [0.2, 0.25) is 10.0 Å². The van der Waals surface area contributed by atoms with Crippen molar-refractivity contribution in [3.05, 3.63) is 27.9 Å². The highest BCUT2D eigenvalue weighted by molar-refractivity contribution is 7.89. The molecule has 0 aliphatic carbocycles. The largest absolute Gasteiger partial charge is 0.297 e. The minimum atomic E-state index is -3.52. The molecule has 1 saturated heterocycles. The van der Waals surface area contributed by atoms with Crippen molar-refractivity contribution in [3.63, 3.8) is 0 Å². The topological polar surface area (TPSA) is 79.4 Å². The van der Waals surface area contributed by atoms with E-state index in [-0.39, 0.29) is 10.8 Å². The third-order valence-corrected chi connectivity index (χ3v) is 7.32. The molecule has 23 heavy (non-hydrogen) atoms. The maximum absolute atomic E-state index is 12.7. The molecule has 3 rings (SSSR count). The van der Waals surface area contributed by atoms with Gasteiger partial charge < -0.3 is 0 Å². The highest BCUT2D eigenvalue weighted by atomic mass is 32.2. The van der Waals surface area contributed by atoms with Gasteiger partial charge in [-0.15, -0.1) is 22.7 Å². The second-order valence-corrected chi connectivity index (χ2v) is 9.29. The molecular formula is C14H17N3O3S3. The first kappa shape index (κ1) is 16.6. The number of sulfonamides is 1. The van der Waals surface area contributed by atoms with Crippen molar-refractivity contribution >= 4 is 43.7 Å². The van der Waals surface area contributed by atoms with Gasteiger partial charge in [0.1, 0.15) is 0 Å². The summed E-state index contributed by atoms with van der Waals surface area (Å²) in [4.78, 5) is 16.7. The standard InChI is InChI=1S/C14H17N3O3S3/c1-10-3-2-5-17(8-10)23(19,20)11-7-12(22-9-11)13(18)16-14-15-4-6-21-14/h4,6-7,9-10H,2-3,5,8H2,1H3,(H,15,16,18)/t10-/m1/s1. The van der Waals surface area contributed by atoms with E-state index in [1.165, 1.54) is 27.1 Å². The van der Waals surface area contributed by atoms with Crippen molar-refractivity contribution in [1.82, 2.24) is 9.29 Å². The molecule has 0 bridgehead atoms. The summed E-state index contributed by atoms with van der Waals surface area (Å²) in [5.74, 6) is 0.0308. The van der Waals surface area contributed by atoms with Gasteiger partial charge in [-0.25, -0.2) is 13.4 Å². The van der Waals surface area contributed by atoms with Gasteiger partial charge in [0.05, 0.1) is 9.77 Å². The van der Waals surface area contributed by atoms with Gasteiger partial charge in [-0.3, -0.25) is 10.1 Å². The summed E-state index contributed by atoms with van der Waals surface area (Å²) in [6.45, 7) is 3.14. The van der Waals surface area contributed by atoms with Gasteiger partial charge in [-0.1, -0.05) is 6.92 Å². The molecule has 3 heterocycles. The van der Waals surface area contributed by atoms with Crippen molar-refractivity contribution in [2.75, 3.05) is 18.4 Å². The minimum Gasteiger partial charge on any atom is -0.297 e. The van der Waals surface area contributed by atoms with Gasteiger partial charge in [0.25, 0.3) is 5.91 Å². The number of thiophene rings is 1. The van der Waals surface area contributed by atoms with Gasteiger partial charge in [-0.05, 0) is 24.8 Å². The average molecular weight is 372 g/mol. The van der Waals surface area contributed by atoms with Crippen molar-refractivity contribution in [2.24, 2.45) is 5.92 Å². The van der Waals surface area contributed by atoms with Gasteiger partial charge >= 0.3 is 0 Å². The van der Waals surface area contributed by atoms with Crippen LogP contribution in [0.3, 0.4) is 0 Å². The predicted molar refractivity (Wildman–Crippen MR) is 91.5 cm³/mol. The zero-order valence-corrected chi connectivity index (χ0v) is 15.0. The smallest absolute Gasteiger partial charge is 0.267 e. The lowest BCUT2D eigenvalue weighted by molar-refractivity contribution is 0.103. The van der Waals surface area contributed by atoms with E-state index in [0.29, 0.717) is 29.0 Å². The molecule has 0 radical (unpaired) electrons. The molecule has 124 valence electrons. The van der Waals surface area contributed by atoms with E-state index < -0.39 is 10.0 Å². The Morgan fingerprint density at radius 3 is 2.96 bits per heavy atom. The molecule has 1 atom stereocenters. The molecule has 0 saturated carbocycles. The number of nitrogens with zero attached hydrogens (tertiary/aromatic N) is 2. The summed E-state index contributed by atoms with van der Waals surface area (Å²) in [7, 11) is -3.52. The van der Waals surface area contributed by atoms with Crippen LogP contribution in [0.1, 0.15) is 29.4 Å². The maximum Gasteiger partial charge on any atom is 0.267 e. The Kier molecular flexibility index (Phi) is 4.81. The normalized spacial score (nSPS) is 19.6. The van der Waals surface area contributed by atoms with E-state index in [9.17, 15) is 13.2 Å². The number of thiazole rings is 1. The van der Waals surface area contributed by atoms with Crippen LogP contribution in [0, 0.1) is 5.92 Å². The van der Waals surface area contributed by atoms with Gasteiger partial charge in [0.15, 0.2) is 5.13 Å². The Hall–Kier alpha value is -1.29. The number of hydrogen-bond acceptors (Lipinski definition) is 6. The highest BCUT2D eigenvalue weighted by Gasteiger charge is 2.30. The lowest BCUT2D eigenvalue weighted by atomic mass is 10.0. The third-order valence-electron chi connectivity index (χ3n) is 3.71. The molecule has 1 aliphatic rings. The van der Waals surface area contributed by atoms with Crippen molar-refractivity contribution in [2.45, 2.75) is 24.7 Å². The highest BCUT2D eigenvalue weighted by Crippen LogP contribution is 2.27. The predicted octanol–water partition coefficient (Wildman–Crippen LogP) is 2.88. The lowest BCUT2D eigenvalue weighted by Crippen LogP contribution is -2.38. The summed E-state index contributed by atoms with van der Waals surface area (Å²) in [6.07, 6.45) is 3.53. The number of piperidine rings is 1. The maximum atomic E-state index is 12.7. The zero-order chi connectivity index (χ0) is 16.4. The van der Waals surface area contributed by atoms with Crippen LogP contribution < -0.4 is 5.32 Å². The summed E-state index contributed by atoms with van der Waals surface area (Å²) < 4.78 is 26.9. The van der Waals surface area contributed by atoms with Crippen LogP contribution in [0.25, 0.3) is 0 Å². The molecule has 2 aromatic rings. The van der Waals surface area contributed by atoms with E-state index in [1.807, 2.05) is 0 Å². The molecule has 0 spiro atoms.